The summed E-state index contributed by atoms with van der Waals surface area (Å²) >= 11 is 4.78. The van der Waals surface area contributed by atoms with Gasteiger partial charge in [-0.05, 0) is 164 Å². The fraction of sp³-hybridized carbons (Fsp3) is 0.260. The summed E-state index contributed by atoms with van der Waals surface area (Å²) in [5.74, 6) is 1.05. The molecule has 1 aliphatic carbocycles. The van der Waals surface area contributed by atoms with Gasteiger partial charge in [-0.1, -0.05) is 74.8 Å². The fourth-order valence-corrected chi connectivity index (χ4v) is 9.79. The normalized spacial score (nSPS) is 13.6. The van der Waals surface area contributed by atoms with E-state index in [0.29, 0.717) is 35.7 Å². The Labute approximate surface area is 575 Å². The lowest BCUT2D eigenvalue weighted by Crippen LogP contribution is -2.30. The highest BCUT2D eigenvalue weighted by atomic mass is 32.2. The van der Waals surface area contributed by atoms with E-state index in [1.807, 2.05) is 60.7 Å². The van der Waals surface area contributed by atoms with Crippen LogP contribution in [0.15, 0.2) is 251 Å². The van der Waals surface area contributed by atoms with Crippen LogP contribution in [-0.4, -0.2) is 149 Å². The molecule has 512 valence electrons. The van der Waals surface area contributed by atoms with Gasteiger partial charge in [-0.2, -0.15) is 0 Å². The standard InChI is InChI=1S/C30H30O10S.C24H26O8S.C19H20O3S/c1-5-27(31)37-19-23(39-29(33)7-3)17-35-21-9-13-25(14-10-21)41-26-15-11-22(12-16-26)36-18-24(40-30(34)8-4)20-38-28(32)6-2;1-3-23(27)31-15-17(25)13-29-19-5-9-21(10-6-19)33-22-11-7-20(8-12-22)30-14-18(26)16-32-24(28)4-2;1-2-14(1)11-20-15-3-7-18(8-4-15)23-19-9-5-16(6-10-19)21-12-17-13-22-17/h5-16,23-24H,1-4,17-20H2;3-12,17-18,25-26H,1-2,13-16H2;3-10,14,17H,1-2,11-13H2. The minimum atomic E-state index is -0.938. The zero-order valence-corrected chi connectivity index (χ0v) is 55.5. The molecule has 0 aromatic heterocycles. The van der Waals surface area contributed by atoms with E-state index < -0.39 is 60.2 Å². The van der Waals surface area contributed by atoms with Crippen LogP contribution in [0.5, 0.6) is 34.5 Å². The molecule has 1 saturated heterocycles. The number of ether oxygens (including phenoxy) is 13. The quantitative estimate of drug-likeness (QED) is 0.0157. The summed E-state index contributed by atoms with van der Waals surface area (Å²) in [6, 6.07) is 45.6. The van der Waals surface area contributed by atoms with Crippen molar-refractivity contribution >= 4 is 71.1 Å². The number of benzene rings is 6. The van der Waals surface area contributed by atoms with E-state index >= 15 is 0 Å². The van der Waals surface area contributed by atoms with Crippen LogP contribution in [0.3, 0.4) is 0 Å². The highest BCUT2D eigenvalue weighted by Crippen LogP contribution is 2.34. The second-order valence-corrected chi connectivity index (χ2v) is 24.0. The lowest BCUT2D eigenvalue weighted by Gasteiger charge is -2.18. The van der Waals surface area contributed by atoms with Gasteiger partial charge in [-0.25, -0.2) is 28.8 Å². The molecule has 8 rings (SSSR count). The second kappa shape index (κ2) is 42.7. The Morgan fingerprint density at radius 2 is 0.608 bits per heavy atom. The number of aliphatic hydroxyl groups excluding tert-OH is 2. The first-order chi connectivity index (χ1) is 47.0. The summed E-state index contributed by atoms with van der Waals surface area (Å²) in [6.45, 7) is 21.4. The van der Waals surface area contributed by atoms with Crippen molar-refractivity contribution in [2.45, 2.75) is 72.7 Å². The lowest BCUT2D eigenvalue weighted by molar-refractivity contribution is -0.154. The minimum Gasteiger partial charge on any atom is -0.493 e. The number of rotatable bonds is 40. The van der Waals surface area contributed by atoms with Crippen molar-refractivity contribution in [2.75, 3.05) is 72.7 Å². The van der Waals surface area contributed by atoms with Crippen LogP contribution < -0.4 is 28.4 Å². The summed E-state index contributed by atoms with van der Waals surface area (Å²) in [5, 5.41) is 19.5. The van der Waals surface area contributed by atoms with E-state index in [4.69, 9.17) is 61.6 Å². The molecule has 6 aromatic rings. The maximum Gasteiger partial charge on any atom is 0.330 e. The van der Waals surface area contributed by atoms with Crippen LogP contribution in [0.25, 0.3) is 0 Å². The number of epoxide rings is 1. The molecule has 24 heteroatoms. The van der Waals surface area contributed by atoms with E-state index in [0.717, 1.165) is 86.7 Å². The molecule has 1 saturated carbocycles. The zero-order valence-electron chi connectivity index (χ0n) is 53.1. The van der Waals surface area contributed by atoms with Crippen LogP contribution >= 0.6 is 35.3 Å². The summed E-state index contributed by atoms with van der Waals surface area (Å²) in [7, 11) is 0. The molecule has 5 unspecified atom stereocenters. The van der Waals surface area contributed by atoms with Crippen molar-refractivity contribution in [3.05, 3.63) is 222 Å². The summed E-state index contributed by atoms with van der Waals surface area (Å²) in [5.41, 5.74) is 0. The Hall–Kier alpha value is -9.69. The zero-order chi connectivity index (χ0) is 69.6. The van der Waals surface area contributed by atoms with Gasteiger partial charge in [-0.15, -0.1) is 0 Å². The predicted molar refractivity (Wildman–Crippen MR) is 363 cm³/mol. The monoisotopic (exact) mass is 1380 g/mol. The van der Waals surface area contributed by atoms with Crippen LogP contribution in [0.4, 0.5) is 0 Å². The first kappa shape index (κ1) is 76.3. The van der Waals surface area contributed by atoms with Crippen molar-refractivity contribution in [3.63, 3.8) is 0 Å². The van der Waals surface area contributed by atoms with Crippen molar-refractivity contribution in [3.8, 4) is 34.5 Å². The first-order valence-corrected chi connectivity index (χ1v) is 32.7. The Kier molecular flexibility index (Phi) is 33.6. The number of carbonyl (C=O) groups is 6. The number of aliphatic hydroxyl groups is 2. The molecule has 0 amide bonds. The Bertz CT molecular complexity index is 3260. The average Bonchev–Trinajstić information content (AvgIpc) is 2.16. The maximum atomic E-state index is 11.6. The van der Waals surface area contributed by atoms with Gasteiger partial charge in [0.2, 0.25) is 0 Å². The van der Waals surface area contributed by atoms with E-state index in [2.05, 4.69) is 75.9 Å². The maximum absolute atomic E-state index is 11.6. The summed E-state index contributed by atoms with van der Waals surface area (Å²) in [6.07, 6.45) is 5.50. The third-order valence-corrected chi connectivity index (χ3v) is 15.7. The molecular formula is C73H76O21S3. The predicted octanol–water partition coefficient (Wildman–Crippen LogP) is 11.4. The molecule has 2 N–H and O–H groups in total. The molecule has 6 aromatic carbocycles. The molecule has 2 aliphatic rings. The largest absolute Gasteiger partial charge is 0.493 e. The Balaban J connectivity index is 0.000000238. The smallest absolute Gasteiger partial charge is 0.330 e. The molecule has 21 nitrogen and oxygen atoms in total. The van der Waals surface area contributed by atoms with Gasteiger partial charge in [-0.3, -0.25) is 0 Å². The molecule has 0 bridgehead atoms. The molecule has 1 aliphatic heterocycles. The van der Waals surface area contributed by atoms with Gasteiger partial charge in [0.25, 0.3) is 0 Å². The van der Waals surface area contributed by atoms with Crippen molar-refractivity contribution in [1.82, 2.24) is 0 Å². The Morgan fingerprint density at radius 3 is 0.866 bits per heavy atom. The molecule has 5 atom stereocenters. The molecule has 0 spiro atoms. The summed E-state index contributed by atoms with van der Waals surface area (Å²) < 4.78 is 68.6. The van der Waals surface area contributed by atoms with Gasteiger partial charge in [0.1, 0.15) is 112 Å². The van der Waals surface area contributed by atoms with E-state index in [9.17, 15) is 39.0 Å². The minimum absolute atomic E-state index is 0.0102. The van der Waals surface area contributed by atoms with Gasteiger partial charge in [0, 0.05) is 65.8 Å². The number of esters is 6. The van der Waals surface area contributed by atoms with Gasteiger partial charge in [0.15, 0.2) is 12.2 Å². The topological polar surface area (TPSA) is 266 Å². The second-order valence-electron chi connectivity index (χ2n) is 20.6. The van der Waals surface area contributed by atoms with Crippen LogP contribution in [0, 0.1) is 5.92 Å². The lowest BCUT2D eigenvalue weighted by atomic mass is 10.3. The van der Waals surface area contributed by atoms with E-state index in [1.165, 1.54) is 46.2 Å². The number of hydrogen-bond acceptors (Lipinski definition) is 24. The molecular weight excluding hydrogens is 1310 g/mol. The molecule has 97 heavy (non-hydrogen) atoms. The molecule has 0 radical (unpaired) electrons. The van der Waals surface area contributed by atoms with Gasteiger partial charge >= 0.3 is 35.8 Å². The Morgan fingerprint density at radius 1 is 0.361 bits per heavy atom. The van der Waals surface area contributed by atoms with Crippen molar-refractivity contribution < 1.29 is 101 Å². The van der Waals surface area contributed by atoms with Crippen molar-refractivity contribution in [1.29, 1.82) is 0 Å². The SMILES string of the molecule is C=CC(=O)OCC(COc1ccc(Sc2ccc(OCC(COC(=O)C=C)OC(=O)C=C)cc2)cc1)OC(=O)C=C.C=CC(=O)OCC(O)COc1ccc(Sc2ccc(OCC(O)COC(=O)C=C)cc2)cc1.c1cc(Sc2ccc(OCC3CO3)cc2)ccc1OCC1CC1. The third-order valence-electron chi connectivity index (χ3n) is 12.7. The van der Waals surface area contributed by atoms with Crippen LogP contribution in [0.1, 0.15) is 12.8 Å². The first-order valence-electron chi connectivity index (χ1n) is 30.2. The number of carbonyl (C=O) groups excluding carboxylic acids is 6. The van der Waals surface area contributed by atoms with E-state index in [1.54, 1.807) is 60.3 Å². The molecule has 2 fully saturated rings. The van der Waals surface area contributed by atoms with Gasteiger partial charge in [0.05, 0.1) is 13.2 Å². The van der Waals surface area contributed by atoms with Crippen molar-refractivity contribution in [2.24, 2.45) is 5.92 Å². The third kappa shape index (κ3) is 32.1. The number of hydrogen-bond donors (Lipinski definition) is 2. The van der Waals surface area contributed by atoms with Crippen LogP contribution in [0.2, 0.25) is 0 Å². The van der Waals surface area contributed by atoms with E-state index in [-0.39, 0.29) is 52.9 Å². The van der Waals surface area contributed by atoms with Gasteiger partial charge < -0.3 is 71.8 Å². The van der Waals surface area contributed by atoms with Crippen LogP contribution in [-0.2, 0) is 61.9 Å². The fourth-order valence-electron chi connectivity index (χ4n) is 7.34. The summed E-state index contributed by atoms with van der Waals surface area (Å²) in [4.78, 5) is 74.0. The average molecular weight is 1390 g/mol. The molecule has 1 heterocycles. The highest BCUT2D eigenvalue weighted by molar-refractivity contribution is 7.99. The highest BCUT2D eigenvalue weighted by Gasteiger charge is 2.24.